The van der Waals surface area contributed by atoms with Crippen molar-refractivity contribution in [3.8, 4) is 0 Å². The van der Waals surface area contributed by atoms with E-state index in [9.17, 15) is 18.0 Å². The lowest BCUT2D eigenvalue weighted by atomic mass is 10.2. The molecule has 2 N–H and O–H groups in total. The Bertz CT molecular complexity index is 913. The number of carbonyl (C=O) groups excluding carboxylic acids is 2. The Morgan fingerprint density at radius 3 is 2.24 bits per heavy atom. The molecule has 25 heavy (non-hydrogen) atoms. The fourth-order valence-corrected chi connectivity index (χ4v) is 3.08. The van der Waals surface area contributed by atoms with E-state index in [1.807, 2.05) is 0 Å². The van der Waals surface area contributed by atoms with Crippen LogP contribution in [0.4, 0.5) is 0 Å². The summed E-state index contributed by atoms with van der Waals surface area (Å²) in [5.41, 5.74) is 4.75. The molecule has 0 aliphatic rings. The molecule has 2 amide bonds. The average molecular weight is 382 g/mol. The minimum Gasteiger partial charge on any atom is -0.267 e. The first-order chi connectivity index (χ1) is 11.7. The highest BCUT2D eigenvalue weighted by atomic mass is 35.5. The topological polar surface area (TPSA) is 95.6 Å². The highest BCUT2D eigenvalue weighted by Gasteiger charge is 2.19. The number of hydrogen-bond acceptors (Lipinski definition) is 4. The van der Waals surface area contributed by atoms with Crippen molar-refractivity contribution < 1.29 is 18.0 Å². The van der Waals surface area contributed by atoms with E-state index in [0.717, 1.165) is 4.31 Å². The number of carbonyl (C=O) groups is 2. The Hall–Kier alpha value is -2.42. The van der Waals surface area contributed by atoms with E-state index in [2.05, 4.69) is 10.9 Å². The van der Waals surface area contributed by atoms with Crippen molar-refractivity contribution >= 4 is 33.4 Å². The highest BCUT2D eigenvalue weighted by Crippen LogP contribution is 2.15. The van der Waals surface area contributed by atoms with E-state index in [0.29, 0.717) is 0 Å². The maximum atomic E-state index is 12.1. The second-order valence-corrected chi connectivity index (χ2v) is 7.76. The van der Waals surface area contributed by atoms with Gasteiger partial charge in [-0.05, 0) is 30.3 Å². The van der Waals surface area contributed by atoms with E-state index in [4.69, 9.17) is 11.6 Å². The zero-order valence-corrected chi connectivity index (χ0v) is 15.1. The van der Waals surface area contributed by atoms with Crippen LogP contribution in [0.2, 0.25) is 5.02 Å². The normalized spacial score (nSPS) is 11.2. The van der Waals surface area contributed by atoms with E-state index in [-0.39, 0.29) is 21.0 Å². The monoisotopic (exact) mass is 381 g/mol. The first-order valence-corrected chi connectivity index (χ1v) is 8.93. The molecule has 0 bridgehead atoms. The third-order valence-corrected chi connectivity index (χ3v) is 5.42. The molecule has 0 heterocycles. The number of sulfonamides is 1. The summed E-state index contributed by atoms with van der Waals surface area (Å²) in [5.74, 6) is -1.24. The van der Waals surface area contributed by atoms with Crippen molar-refractivity contribution in [3.05, 3.63) is 64.7 Å². The first kappa shape index (κ1) is 18.9. The Balaban J connectivity index is 2.12. The number of nitrogens with one attached hydrogen (secondary N) is 2. The van der Waals surface area contributed by atoms with Crippen LogP contribution in [-0.2, 0) is 10.0 Å². The molecule has 0 atom stereocenters. The van der Waals surface area contributed by atoms with Crippen molar-refractivity contribution in [2.75, 3.05) is 14.1 Å². The van der Waals surface area contributed by atoms with Gasteiger partial charge in [0.25, 0.3) is 11.8 Å². The number of hydrazine groups is 1. The number of hydrogen-bond donors (Lipinski definition) is 2. The predicted molar refractivity (Wildman–Crippen MR) is 93.7 cm³/mol. The maximum Gasteiger partial charge on any atom is 0.271 e. The summed E-state index contributed by atoms with van der Waals surface area (Å²) >= 11 is 5.91. The summed E-state index contributed by atoms with van der Waals surface area (Å²) in [6.45, 7) is 0. The molecule has 2 aromatic rings. The summed E-state index contributed by atoms with van der Waals surface area (Å²) in [6, 6.07) is 11.9. The average Bonchev–Trinajstić information content (AvgIpc) is 2.59. The van der Waals surface area contributed by atoms with Gasteiger partial charge >= 0.3 is 0 Å². The Morgan fingerprint density at radius 1 is 0.960 bits per heavy atom. The lowest BCUT2D eigenvalue weighted by Gasteiger charge is -2.12. The van der Waals surface area contributed by atoms with Crippen LogP contribution in [-0.4, -0.2) is 38.6 Å². The van der Waals surface area contributed by atoms with Gasteiger partial charge in [0.2, 0.25) is 10.0 Å². The van der Waals surface area contributed by atoms with Crippen molar-refractivity contribution in [1.29, 1.82) is 0 Å². The van der Waals surface area contributed by atoms with Crippen molar-refractivity contribution in [1.82, 2.24) is 15.2 Å². The smallest absolute Gasteiger partial charge is 0.267 e. The minimum absolute atomic E-state index is 0.0254. The van der Waals surface area contributed by atoms with Gasteiger partial charge in [0.15, 0.2) is 0 Å². The lowest BCUT2D eigenvalue weighted by molar-refractivity contribution is 0.0846. The third kappa shape index (κ3) is 4.36. The molecule has 2 rings (SSSR count). The SMILES string of the molecule is CN(C)S(=O)(=O)c1cccc(C(=O)NNC(=O)c2ccccc2Cl)c1. The molecule has 0 radical (unpaired) electrons. The van der Waals surface area contributed by atoms with E-state index >= 15 is 0 Å². The summed E-state index contributed by atoms with van der Waals surface area (Å²) in [5, 5.41) is 0.244. The highest BCUT2D eigenvalue weighted by molar-refractivity contribution is 7.89. The van der Waals surface area contributed by atoms with E-state index in [1.165, 1.54) is 44.4 Å². The number of benzene rings is 2. The van der Waals surface area contributed by atoms with Crippen LogP contribution in [0.3, 0.4) is 0 Å². The Labute approximate surface area is 150 Å². The fraction of sp³-hybridized carbons (Fsp3) is 0.125. The molecule has 9 heteroatoms. The standard InChI is InChI=1S/C16H16ClN3O4S/c1-20(2)25(23,24)12-7-5-6-11(10-12)15(21)18-19-16(22)13-8-3-4-9-14(13)17/h3-10H,1-2H3,(H,18,21)(H,19,22). The van der Waals surface area contributed by atoms with Crippen LogP contribution in [0.25, 0.3) is 0 Å². The zero-order chi connectivity index (χ0) is 18.6. The lowest BCUT2D eigenvalue weighted by Crippen LogP contribution is -2.41. The summed E-state index contributed by atoms with van der Waals surface area (Å²) in [6.07, 6.45) is 0. The van der Waals surface area contributed by atoms with Crippen LogP contribution in [0.1, 0.15) is 20.7 Å². The molecule has 0 aliphatic heterocycles. The van der Waals surface area contributed by atoms with E-state index in [1.54, 1.807) is 18.2 Å². The number of nitrogens with zero attached hydrogens (tertiary/aromatic N) is 1. The molecule has 0 aromatic heterocycles. The zero-order valence-electron chi connectivity index (χ0n) is 13.5. The van der Waals surface area contributed by atoms with Gasteiger partial charge in [-0.25, -0.2) is 12.7 Å². The number of amides is 2. The van der Waals surface area contributed by atoms with Gasteiger partial charge in [-0.1, -0.05) is 29.8 Å². The van der Waals surface area contributed by atoms with Gasteiger partial charge in [-0.3, -0.25) is 20.4 Å². The Kier molecular flexibility index (Phi) is 5.78. The van der Waals surface area contributed by atoms with Crippen LogP contribution in [0, 0.1) is 0 Å². The van der Waals surface area contributed by atoms with Gasteiger partial charge in [0, 0.05) is 19.7 Å². The maximum absolute atomic E-state index is 12.1. The number of halogens is 1. The molecule has 132 valence electrons. The largest absolute Gasteiger partial charge is 0.271 e. The van der Waals surface area contributed by atoms with Crippen LogP contribution >= 0.6 is 11.6 Å². The second kappa shape index (κ2) is 7.64. The molecule has 0 fully saturated rings. The van der Waals surface area contributed by atoms with Crippen LogP contribution in [0.5, 0.6) is 0 Å². The molecule has 7 nitrogen and oxygen atoms in total. The van der Waals surface area contributed by atoms with Gasteiger partial charge < -0.3 is 0 Å². The molecule has 0 unspecified atom stereocenters. The minimum atomic E-state index is -3.66. The van der Waals surface area contributed by atoms with Crippen molar-refractivity contribution in [2.45, 2.75) is 4.90 Å². The predicted octanol–water partition coefficient (Wildman–Crippen LogP) is 1.67. The fourth-order valence-electron chi connectivity index (χ4n) is 1.91. The van der Waals surface area contributed by atoms with Crippen LogP contribution in [0.15, 0.2) is 53.4 Å². The third-order valence-electron chi connectivity index (χ3n) is 3.28. The molecule has 0 spiro atoms. The van der Waals surface area contributed by atoms with Crippen molar-refractivity contribution in [3.63, 3.8) is 0 Å². The van der Waals surface area contributed by atoms with Gasteiger partial charge in [-0.2, -0.15) is 0 Å². The van der Waals surface area contributed by atoms with Gasteiger partial charge in [0.1, 0.15) is 0 Å². The van der Waals surface area contributed by atoms with E-state index < -0.39 is 21.8 Å². The van der Waals surface area contributed by atoms with Gasteiger partial charge in [0.05, 0.1) is 15.5 Å². The second-order valence-electron chi connectivity index (χ2n) is 5.20. The van der Waals surface area contributed by atoms with Gasteiger partial charge in [-0.15, -0.1) is 0 Å². The summed E-state index contributed by atoms with van der Waals surface area (Å²) in [7, 11) is -0.875. The van der Waals surface area contributed by atoms with Crippen LogP contribution < -0.4 is 10.9 Å². The molecule has 0 saturated heterocycles. The van der Waals surface area contributed by atoms with Crippen molar-refractivity contribution in [2.24, 2.45) is 0 Å². The molecule has 0 saturated carbocycles. The Morgan fingerprint density at radius 2 is 1.60 bits per heavy atom. The first-order valence-electron chi connectivity index (χ1n) is 7.11. The summed E-state index contributed by atoms with van der Waals surface area (Å²) in [4.78, 5) is 24.1. The summed E-state index contributed by atoms with van der Waals surface area (Å²) < 4.78 is 25.3. The molecular formula is C16H16ClN3O4S. The molecular weight excluding hydrogens is 366 g/mol. The molecule has 0 aliphatic carbocycles. The molecule has 2 aromatic carbocycles. The number of rotatable bonds is 4. The quantitative estimate of drug-likeness (QED) is 0.787.